The molecule has 0 spiro atoms. The van der Waals surface area contributed by atoms with E-state index in [1.54, 1.807) is 0 Å². The van der Waals surface area contributed by atoms with Crippen LogP contribution in [0.25, 0.3) is 10.2 Å². The molecule has 1 aromatic heterocycles. The maximum Gasteiger partial charge on any atom is 0.106 e. The third-order valence-corrected chi connectivity index (χ3v) is 2.65. The number of fused-ring (bicyclic) bond motifs is 1. The predicted octanol–water partition coefficient (Wildman–Crippen LogP) is 2.43. The normalized spacial score (nSPS) is 10.4. The average Bonchev–Trinajstić information content (AvgIpc) is 2.49. The molecule has 60 valence electrons. The maximum absolute atomic E-state index is 5.11. The minimum atomic E-state index is 0.895. The van der Waals surface area contributed by atoms with Crippen LogP contribution in [0.3, 0.4) is 0 Å². The van der Waals surface area contributed by atoms with Crippen LogP contribution in [0.4, 0.5) is 0 Å². The molecule has 0 fully saturated rings. The molecule has 0 N–H and O–H groups in total. The molecule has 0 aliphatic heterocycles. The summed E-state index contributed by atoms with van der Waals surface area (Å²) in [7, 11) is 0. The molecule has 1 aromatic carbocycles. The van der Waals surface area contributed by atoms with Crippen molar-refractivity contribution in [1.29, 1.82) is 0 Å². The zero-order chi connectivity index (χ0) is 8.55. The van der Waals surface area contributed by atoms with E-state index in [9.17, 15) is 0 Å². The number of hydrogen-bond acceptors (Lipinski definition) is 4. The van der Waals surface area contributed by atoms with Gasteiger partial charge in [-0.1, -0.05) is 28.8 Å². The number of thiocarbonyl (C=S) groups is 1. The van der Waals surface area contributed by atoms with Crippen LogP contribution >= 0.6 is 23.8 Å². The van der Waals surface area contributed by atoms with E-state index in [-0.39, 0.29) is 0 Å². The molecular formula is C8H6N2S2. The topological polar surface area (TPSA) is 25.8 Å². The number of hydrogen-bond donors (Lipinski definition) is 0. The Balaban J connectivity index is 2.82. The summed E-state index contributed by atoms with van der Waals surface area (Å²) in [5.41, 5.74) is 2.01. The second-order valence-electron chi connectivity index (χ2n) is 2.48. The van der Waals surface area contributed by atoms with Crippen molar-refractivity contribution in [3.05, 3.63) is 23.8 Å². The first-order valence-corrected chi connectivity index (χ1v) is 4.69. The number of benzene rings is 1. The van der Waals surface area contributed by atoms with Crippen LogP contribution in [0.5, 0.6) is 0 Å². The molecule has 1 heterocycles. The van der Waals surface area contributed by atoms with Crippen molar-refractivity contribution in [2.24, 2.45) is 0 Å². The van der Waals surface area contributed by atoms with Crippen molar-refractivity contribution in [1.82, 2.24) is 9.59 Å². The Bertz CT molecular complexity index is 433. The van der Waals surface area contributed by atoms with Gasteiger partial charge in [0, 0.05) is 10.4 Å². The molecular weight excluding hydrogens is 188 g/mol. The molecule has 0 saturated heterocycles. The van der Waals surface area contributed by atoms with Crippen LogP contribution in [0.1, 0.15) is 12.5 Å². The van der Waals surface area contributed by atoms with Crippen molar-refractivity contribution in [2.45, 2.75) is 6.92 Å². The van der Waals surface area contributed by atoms with Crippen molar-refractivity contribution in [2.75, 3.05) is 0 Å². The van der Waals surface area contributed by atoms with Crippen LogP contribution in [0, 0.1) is 0 Å². The molecule has 4 heteroatoms. The summed E-state index contributed by atoms with van der Waals surface area (Å²) in [4.78, 5) is 0.895. The van der Waals surface area contributed by atoms with Crippen molar-refractivity contribution in [3.8, 4) is 0 Å². The quantitative estimate of drug-likeness (QED) is 0.515. The third-order valence-electron chi connectivity index (χ3n) is 1.65. The Morgan fingerprint density at radius 3 is 3.08 bits per heavy atom. The summed E-state index contributed by atoms with van der Waals surface area (Å²) in [6.45, 7) is 1.92. The Hall–Kier alpha value is -0.870. The van der Waals surface area contributed by atoms with Crippen molar-refractivity contribution >= 4 is 38.8 Å². The molecule has 0 amide bonds. The van der Waals surface area contributed by atoms with Gasteiger partial charge >= 0.3 is 0 Å². The highest BCUT2D eigenvalue weighted by Crippen LogP contribution is 2.20. The lowest BCUT2D eigenvalue weighted by atomic mass is 10.1. The molecule has 0 atom stereocenters. The van der Waals surface area contributed by atoms with E-state index in [0.717, 1.165) is 20.6 Å². The summed E-state index contributed by atoms with van der Waals surface area (Å²) < 4.78 is 4.96. The van der Waals surface area contributed by atoms with Crippen LogP contribution < -0.4 is 0 Å². The van der Waals surface area contributed by atoms with E-state index >= 15 is 0 Å². The second kappa shape index (κ2) is 2.88. The molecule has 12 heavy (non-hydrogen) atoms. The van der Waals surface area contributed by atoms with Crippen LogP contribution in [-0.4, -0.2) is 14.5 Å². The molecule has 0 aliphatic carbocycles. The van der Waals surface area contributed by atoms with E-state index in [2.05, 4.69) is 9.59 Å². The lowest BCUT2D eigenvalue weighted by Gasteiger charge is -1.96. The van der Waals surface area contributed by atoms with Gasteiger partial charge in [-0.05, 0) is 24.5 Å². The molecule has 0 saturated carbocycles. The summed E-state index contributed by atoms with van der Waals surface area (Å²) in [6.07, 6.45) is 0. The first kappa shape index (κ1) is 7.76. The highest BCUT2D eigenvalue weighted by molar-refractivity contribution is 7.80. The summed E-state index contributed by atoms with van der Waals surface area (Å²) >= 11 is 6.50. The van der Waals surface area contributed by atoms with Gasteiger partial charge in [0.15, 0.2) is 0 Å². The second-order valence-corrected chi connectivity index (χ2v) is 3.85. The highest BCUT2D eigenvalue weighted by atomic mass is 32.1. The molecule has 2 nitrogen and oxygen atoms in total. The largest absolute Gasteiger partial charge is 0.138 e. The Morgan fingerprint density at radius 1 is 1.50 bits per heavy atom. The fourth-order valence-corrected chi connectivity index (χ4v) is 2.05. The summed E-state index contributed by atoms with van der Waals surface area (Å²) in [6, 6.07) is 5.90. The van der Waals surface area contributed by atoms with E-state index in [0.29, 0.717) is 0 Å². The molecule has 0 unspecified atom stereocenters. The lowest BCUT2D eigenvalue weighted by Crippen LogP contribution is -1.88. The standard InChI is InChI=1S/C8H6N2S2/c1-5(11)6-3-2-4-7-8(6)12-10-9-7/h2-4H,1H3. The van der Waals surface area contributed by atoms with E-state index in [1.807, 2.05) is 25.1 Å². The zero-order valence-corrected chi connectivity index (χ0v) is 8.08. The highest BCUT2D eigenvalue weighted by Gasteiger charge is 2.04. The lowest BCUT2D eigenvalue weighted by molar-refractivity contribution is 1.20. The van der Waals surface area contributed by atoms with Crippen LogP contribution in [0.15, 0.2) is 18.2 Å². The van der Waals surface area contributed by atoms with Gasteiger partial charge in [-0.15, -0.1) is 5.10 Å². The van der Waals surface area contributed by atoms with E-state index < -0.39 is 0 Å². The van der Waals surface area contributed by atoms with Gasteiger partial charge < -0.3 is 0 Å². The molecule has 2 aromatic rings. The monoisotopic (exact) mass is 194 g/mol. The van der Waals surface area contributed by atoms with Gasteiger partial charge in [0.2, 0.25) is 0 Å². The molecule has 0 bridgehead atoms. The smallest absolute Gasteiger partial charge is 0.106 e. The summed E-state index contributed by atoms with van der Waals surface area (Å²) in [5, 5.41) is 3.97. The van der Waals surface area contributed by atoms with Gasteiger partial charge in [0.25, 0.3) is 0 Å². The number of aromatic nitrogens is 2. The molecule has 2 rings (SSSR count). The van der Waals surface area contributed by atoms with E-state index in [1.165, 1.54) is 11.5 Å². The van der Waals surface area contributed by atoms with E-state index in [4.69, 9.17) is 12.2 Å². The van der Waals surface area contributed by atoms with Crippen LogP contribution in [0.2, 0.25) is 0 Å². The zero-order valence-electron chi connectivity index (χ0n) is 6.44. The van der Waals surface area contributed by atoms with Crippen LogP contribution in [-0.2, 0) is 0 Å². The Kier molecular flexibility index (Phi) is 1.86. The fraction of sp³-hybridized carbons (Fsp3) is 0.125. The average molecular weight is 194 g/mol. The molecule has 0 aliphatic rings. The minimum Gasteiger partial charge on any atom is -0.138 e. The first-order chi connectivity index (χ1) is 5.79. The minimum absolute atomic E-state index is 0.895. The Labute approximate surface area is 79.4 Å². The molecule has 0 radical (unpaired) electrons. The number of nitrogens with zero attached hydrogens (tertiary/aromatic N) is 2. The van der Waals surface area contributed by atoms with Gasteiger partial charge in [-0.2, -0.15) is 0 Å². The summed E-state index contributed by atoms with van der Waals surface area (Å²) in [5.74, 6) is 0. The van der Waals surface area contributed by atoms with Crippen molar-refractivity contribution < 1.29 is 0 Å². The van der Waals surface area contributed by atoms with Gasteiger partial charge in [-0.3, -0.25) is 0 Å². The maximum atomic E-state index is 5.11. The SMILES string of the molecule is CC(=S)c1cccc2nnsc12. The fourth-order valence-electron chi connectivity index (χ4n) is 1.08. The third kappa shape index (κ3) is 1.13. The van der Waals surface area contributed by atoms with Crippen molar-refractivity contribution in [3.63, 3.8) is 0 Å². The van der Waals surface area contributed by atoms with Gasteiger partial charge in [0.05, 0.1) is 4.70 Å². The van der Waals surface area contributed by atoms with Gasteiger partial charge in [-0.25, -0.2) is 0 Å². The first-order valence-electron chi connectivity index (χ1n) is 3.51. The predicted molar refractivity (Wildman–Crippen MR) is 54.8 cm³/mol. The number of rotatable bonds is 1. The van der Waals surface area contributed by atoms with Gasteiger partial charge in [0.1, 0.15) is 5.52 Å². The Morgan fingerprint density at radius 2 is 2.33 bits per heavy atom.